The first-order valence-corrected chi connectivity index (χ1v) is 9.51. The number of amides is 1. The van der Waals surface area contributed by atoms with Crippen molar-refractivity contribution in [1.29, 1.82) is 0 Å². The summed E-state index contributed by atoms with van der Waals surface area (Å²) in [7, 11) is 1.59. The number of benzene rings is 2. The number of ether oxygens (including phenoxy) is 1. The first-order valence-electron chi connectivity index (χ1n) is 9.51. The van der Waals surface area contributed by atoms with Crippen LogP contribution in [0.2, 0.25) is 0 Å². The molecule has 0 fully saturated rings. The van der Waals surface area contributed by atoms with Crippen molar-refractivity contribution in [3.8, 4) is 22.8 Å². The molecular weight excluding hydrogens is 396 g/mol. The lowest BCUT2D eigenvalue weighted by atomic mass is 10.1. The lowest BCUT2D eigenvalue weighted by molar-refractivity contribution is 0.102. The number of nitrogens with zero attached hydrogens (tertiary/aromatic N) is 4. The number of nitrogens with one attached hydrogen (secondary N) is 2. The van der Waals surface area contributed by atoms with Gasteiger partial charge in [0.15, 0.2) is 5.69 Å². The smallest absolute Gasteiger partial charge is 0.278 e. The van der Waals surface area contributed by atoms with Gasteiger partial charge >= 0.3 is 0 Å². The van der Waals surface area contributed by atoms with Gasteiger partial charge in [-0.25, -0.2) is 9.67 Å². The Kier molecular flexibility index (Phi) is 5.31. The van der Waals surface area contributed by atoms with Crippen molar-refractivity contribution in [3.05, 3.63) is 82.0 Å². The lowest BCUT2D eigenvalue weighted by Gasteiger charge is -2.08. The Morgan fingerprint density at radius 3 is 2.68 bits per heavy atom. The number of anilines is 1. The summed E-state index contributed by atoms with van der Waals surface area (Å²) in [5.41, 5.74) is 3.12. The van der Waals surface area contributed by atoms with Crippen LogP contribution in [0.4, 0.5) is 5.69 Å². The van der Waals surface area contributed by atoms with E-state index in [9.17, 15) is 9.59 Å². The SMILES string of the molecule is COc1cccc(-n2nnc(C(=O)Nc3cccc(-c4nc(C)cc(=O)[nH]4)c3)c2C)c1. The maximum Gasteiger partial charge on any atom is 0.278 e. The van der Waals surface area contributed by atoms with Gasteiger partial charge in [-0.15, -0.1) is 5.10 Å². The largest absolute Gasteiger partial charge is 0.497 e. The Morgan fingerprint density at radius 1 is 1.10 bits per heavy atom. The fourth-order valence-corrected chi connectivity index (χ4v) is 3.18. The molecule has 9 heteroatoms. The molecule has 4 aromatic rings. The van der Waals surface area contributed by atoms with E-state index < -0.39 is 5.91 Å². The third-order valence-corrected chi connectivity index (χ3v) is 4.67. The molecule has 0 aliphatic rings. The molecule has 1 amide bonds. The number of carbonyl (C=O) groups is 1. The van der Waals surface area contributed by atoms with E-state index in [0.717, 1.165) is 5.69 Å². The number of aromatic nitrogens is 5. The second kappa shape index (κ2) is 8.23. The van der Waals surface area contributed by atoms with E-state index in [2.05, 4.69) is 25.6 Å². The van der Waals surface area contributed by atoms with E-state index in [0.29, 0.717) is 34.2 Å². The first-order chi connectivity index (χ1) is 14.9. The molecule has 0 spiro atoms. The highest BCUT2D eigenvalue weighted by Gasteiger charge is 2.18. The molecule has 2 aromatic carbocycles. The van der Waals surface area contributed by atoms with Crippen molar-refractivity contribution in [3.63, 3.8) is 0 Å². The number of methoxy groups -OCH3 is 1. The minimum atomic E-state index is -0.394. The van der Waals surface area contributed by atoms with E-state index >= 15 is 0 Å². The number of aryl methyl sites for hydroxylation is 1. The van der Waals surface area contributed by atoms with Crippen LogP contribution in [0, 0.1) is 13.8 Å². The predicted molar refractivity (Wildman–Crippen MR) is 116 cm³/mol. The molecule has 0 atom stereocenters. The van der Waals surface area contributed by atoms with Gasteiger partial charge in [0.2, 0.25) is 0 Å². The van der Waals surface area contributed by atoms with E-state index in [1.807, 2.05) is 24.3 Å². The number of hydrogen-bond acceptors (Lipinski definition) is 6. The average Bonchev–Trinajstić information content (AvgIpc) is 3.15. The zero-order chi connectivity index (χ0) is 22.0. The first kappa shape index (κ1) is 20.0. The fourth-order valence-electron chi connectivity index (χ4n) is 3.18. The molecule has 31 heavy (non-hydrogen) atoms. The van der Waals surface area contributed by atoms with Gasteiger partial charge in [-0.2, -0.15) is 0 Å². The lowest BCUT2D eigenvalue weighted by Crippen LogP contribution is -2.14. The molecule has 0 unspecified atom stereocenters. The zero-order valence-electron chi connectivity index (χ0n) is 17.2. The standard InChI is InChI=1S/C22H20N6O3/c1-13-10-19(29)25-21(23-13)15-6-4-7-16(11-15)24-22(30)20-14(2)28(27-26-20)17-8-5-9-18(12-17)31-3/h4-12H,1-3H3,(H,24,30)(H,23,25,29). The third-order valence-electron chi connectivity index (χ3n) is 4.67. The van der Waals surface area contributed by atoms with Gasteiger partial charge < -0.3 is 15.0 Å². The zero-order valence-corrected chi connectivity index (χ0v) is 17.2. The average molecular weight is 416 g/mol. The van der Waals surface area contributed by atoms with E-state index in [1.54, 1.807) is 49.9 Å². The summed E-state index contributed by atoms with van der Waals surface area (Å²) in [5.74, 6) is 0.716. The molecule has 0 saturated heterocycles. The summed E-state index contributed by atoms with van der Waals surface area (Å²) in [5, 5.41) is 11.0. The minimum absolute atomic E-state index is 0.204. The number of rotatable bonds is 5. The van der Waals surface area contributed by atoms with E-state index in [-0.39, 0.29) is 11.3 Å². The second-order valence-electron chi connectivity index (χ2n) is 6.91. The molecule has 0 aliphatic carbocycles. The maximum atomic E-state index is 12.8. The molecule has 9 nitrogen and oxygen atoms in total. The van der Waals surface area contributed by atoms with Crippen LogP contribution in [0.3, 0.4) is 0 Å². The van der Waals surface area contributed by atoms with Crippen LogP contribution >= 0.6 is 0 Å². The summed E-state index contributed by atoms with van der Waals surface area (Å²) in [6, 6.07) is 15.8. The minimum Gasteiger partial charge on any atom is -0.497 e. The molecule has 0 bridgehead atoms. The van der Waals surface area contributed by atoms with Gasteiger partial charge in [0, 0.05) is 29.1 Å². The van der Waals surface area contributed by atoms with Crippen molar-refractivity contribution in [2.45, 2.75) is 13.8 Å². The summed E-state index contributed by atoms with van der Waals surface area (Å²) in [6.07, 6.45) is 0. The van der Waals surface area contributed by atoms with Crippen LogP contribution in [-0.2, 0) is 0 Å². The van der Waals surface area contributed by atoms with Crippen molar-refractivity contribution >= 4 is 11.6 Å². The number of hydrogen-bond donors (Lipinski definition) is 2. The molecule has 0 saturated carbocycles. The monoisotopic (exact) mass is 416 g/mol. The van der Waals surface area contributed by atoms with Gasteiger partial charge in [-0.1, -0.05) is 23.4 Å². The van der Waals surface area contributed by atoms with Crippen LogP contribution in [0.15, 0.2) is 59.4 Å². The normalized spacial score (nSPS) is 10.7. The van der Waals surface area contributed by atoms with Crippen molar-refractivity contribution in [2.75, 3.05) is 12.4 Å². The molecular formula is C22H20N6O3. The van der Waals surface area contributed by atoms with Gasteiger partial charge in [0.05, 0.1) is 18.5 Å². The van der Waals surface area contributed by atoms with Crippen LogP contribution in [-0.4, -0.2) is 38.0 Å². The number of carbonyl (C=O) groups excluding carboxylic acids is 1. The summed E-state index contributed by atoms with van der Waals surface area (Å²) in [4.78, 5) is 31.6. The molecule has 0 aliphatic heterocycles. The summed E-state index contributed by atoms with van der Waals surface area (Å²) < 4.78 is 6.82. The highest BCUT2D eigenvalue weighted by atomic mass is 16.5. The summed E-state index contributed by atoms with van der Waals surface area (Å²) in [6.45, 7) is 3.52. The second-order valence-corrected chi connectivity index (χ2v) is 6.91. The van der Waals surface area contributed by atoms with E-state index in [1.165, 1.54) is 6.07 Å². The molecule has 156 valence electrons. The van der Waals surface area contributed by atoms with Crippen LogP contribution in [0.25, 0.3) is 17.1 Å². The summed E-state index contributed by atoms with van der Waals surface area (Å²) >= 11 is 0. The quantitative estimate of drug-likeness (QED) is 0.517. The topological polar surface area (TPSA) is 115 Å². The van der Waals surface area contributed by atoms with Crippen LogP contribution < -0.4 is 15.6 Å². The Balaban J connectivity index is 1.59. The van der Waals surface area contributed by atoms with Gasteiger partial charge in [0.1, 0.15) is 11.6 Å². The highest BCUT2D eigenvalue weighted by Crippen LogP contribution is 2.21. The Hall–Kier alpha value is -4.27. The highest BCUT2D eigenvalue weighted by molar-refractivity contribution is 6.03. The molecule has 2 N–H and O–H groups in total. The Morgan fingerprint density at radius 2 is 1.90 bits per heavy atom. The van der Waals surface area contributed by atoms with Gasteiger partial charge in [0.25, 0.3) is 11.5 Å². The van der Waals surface area contributed by atoms with Crippen molar-refractivity contribution in [1.82, 2.24) is 25.0 Å². The van der Waals surface area contributed by atoms with Gasteiger partial charge in [-0.05, 0) is 38.1 Å². The Labute approximate surface area is 177 Å². The van der Waals surface area contributed by atoms with E-state index in [4.69, 9.17) is 4.74 Å². The third kappa shape index (κ3) is 4.20. The van der Waals surface area contributed by atoms with Crippen LogP contribution in [0.5, 0.6) is 5.75 Å². The number of H-pyrrole nitrogens is 1. The fraction of sp³-hybridized carbons (Fsp3) is 0.136. The van der Waals surface area contributed by atoms with Crippen LogP contribution in [0.1, 0.15) is 21.9 Å². The number of aromatic amines is 1. The van der Waals surface area contributed by atoms with Crippen molar-refractivity contribution in [2.24, 2.45) is 0 Å². The molecule has 2 aromatic heterocycles. The predicted octanol–water partition coefficient (Wildman–Crippen LogP) is 2.90. The molecule has 2 heterocycles. The molecule has 0 radical (unpaired) electrons. The maximum absolute atomic E-state index is 12.8. The van der Waals surface area contributed by atoms with Gasteiger partial charge in [-0.3, -0.25) is 9.59 Å². The van der Waals surface area contributed by atoms with Crippen molar-refractivity contribution < 1.29 is 9.53 Å². The Bertz CT molecular complexity index is 1320. The molecule has 4 rings (SSSR count).